The minimum absolute atomic E-state index is 0.167. The summed E-state index contributed by atoms with van der Waals surface area (Å²) in [6.45, 7) is 1.43. The first-order valence-corrected chi connectivity index (χ1v) is 6.19. The number of carbonyl (C=O) groups is 1. The molecule has 0 aromatic heterocycles. The quantitative estimate of drug-likeness (QED) is 0.763. The highest BCUT2D eigenvalue weighted by atomic mass is 35.5. The number of halogens is 4. The van der Waals surface area contributed by atoms with Crippen LogP contribution in [0.1, 0.15) is 21.5 Å². The van der Waals surface area contributed by atoms with Gasteiger partial charge in [0.15, 0.2) is 5.78 Å². The first kappa shape index (κ1) is 14.6. The highest BCUT2D eigenvalue weighted by molar-refractivity contribution is 6.31. The molecule has 0 bridgehead atoms. The van der Waals surface area contributed by atoms with Crippen LogP contribution >= 0.6 is 11.6 Å². The zero-order valence-corrected chi connectivity index (χ0v) is 11.3. The molecule has 104 valence electrons. The van der Waals surface area contributed by atoms with Crippen LogP contribution in [0, 0.1) is 24.4 Å². The summed E-state index contributed by atoms with van der Waals surface area (Å²) in [5, 5.41) is 0.174. The second kappa shape index (κ2) is 5.67. The number of hydrogen-bond donors (Lipinski definition) is 0. The maximum absolute atomic E-state index is 13.8. The number of carbonyl (C=O) groups excluding carboxylic acids is 1. The number of ketones is 1. The lowest BCUT2D eigenvalue weighted by molar-refractivity contribution is 0.0984. The van der Waals surface area contributed by atoms with E-state index >= 15 is 0 Å². The van der Waals surface area contributed by atoms with Gasteiger partial charge in [0, 0.05) is 11.4 Å². The van der Waals surface area contributed by atoms with Crippen LogP contribution in [0.4, 0.5) is 13.2 Å². The molecule has 0 spiro atoms. The van der Waals surface area contributed by atoms with Gasteiger partial charge in [-0.25, -0.2) is 13.2 Å². The highest BCUT2D eigenvalue weighted by Crippen LogP contribution is 2.22. The van der Waals surface area contributed by atoms with Gasteiger partial charge in [0.25, 0.3) is 0 Å². The number of benzene rings is 2. The molecule has 0 aliphatic rings. The lowest BCUT2D eigenvalue weighted by Gasteiger charge is -2.08. The highest BCUT2D eigenvalue weighted by Gasteiger charge is 2.20. The first-order valence-electron chi connectivity index (χ1n) is 5.82. The van der Waals surface area contributed by atoms with Crippen molar-refractivity contribution in [3.63, 3.8) is 0 Å². The Hall–Kier alpha value is -1.81. The summed E-state index contributed by atoms with van der Waals surface area (Å²) in [6.07, 6.45) is -0.367. The fourth-order valence-electron chi connectivity index (χ4n) is 1.85. The fourth-order valence-corrected chi connectivity index (χ4v) is 2.04. The van der Waals surface area contributed by atoms with Crippen molar-refractivity contribution in [2.45, 2.75) is 13.3 Å². The van der Waals surface area contributed by atoms with E-state index in [4.69, 9.17) is 11.6 Å². The van der Waals surface area contributed by atoms with Gasteiger partial charge in [-0.3, -0.25) is 4.79 Å². The third kappa shape index (κ3) is 2.85. The van der Waals surface area contributed by atoms with E-state index in [-0.39, 0.29) is 22.6 Å². The summed E-state index contributed by atoms with van der Waals surface area (Å²) in [6, 6.07) is 5.79. The third-order valence-corrected chi connectivity index (χ3v) is 3.29. The maximum atomic E-state index is 13.8. The van der Waals surface area contributed by atoms with Crippen LogP contribution in [-0.4, -0.2) is 5.78 Å². The van der Waals surface area contributed by atoms with Crippen molar-refractivity contribution in [3.05, 3.63) is 69.5 Å². The molecule has 0 saturated carbocycles. The van der Waals surface area contributed by atoms with Gasteiger partial charge in [-0.05, 0) is 42.3 Å². The second-order valence-corrected chi connectivity index (χ2v) is 4.80. The van der Waals surface area contributed by atoms with E-state index in [1.165, 1.54) is 19.1 Å². The van der Waals surface area contributed by atoms with Crippen LogP contribution < -0.4 is 0 Å². The first-order chi connectivity index (χ1) is 9.40. The van der Waals surface area contributed by atoms with Crippen molar-refractivity contribution in [1.29, 1.82) is 0 Å². The molecule has 2 aromatic carbocycles. The van der Waals surface area contributed by atoms with Crippen LogP contribution in [0.2, 0.25) is 5.02 Å². The Morgan fingerprint density at radius 3 is 2.55 bits per heavy atom. The summed E-state index contributed by atoms with van der Waals surface area (Å²) < 4.78 is 40.5. The zero-order chi connectivity index (χ0) is 14.9. The number of aryl methyl sites for hydroxylation is 1. The van der Waals surface area contributed by atoms with Gasteiger partial charge in [-0.2, -0.15) is 0 Å². The molecule has 1 nitrogen and oxygen atoms in total. The fraction of sp³-hybridized carbons (Fsp3) is 0.133. The van der Waals surface area contributed by atoms with Crippen molar-refractivity contribution >= 4 is 17.4 Å². The minimum Gasteiger partial charge on any atom is -0.294 e. The summed E-state index contributed by atoms with van der Waals surface area (Å²) in [5.74, 6) is -3.19. The predicted molar refractivity (Wildman–Crippen MR) is 70.5 cm³/mol. The van der Waals surface area contributed by atoms with Crippen molar-refractivity contribution in [3.8, 4) is 0 Å². The van der Waals surface area contributed by atoms with Crippen molar-refractivity contribution in [2.75, 3.05) is 0 Å². The zero-order valence-electron chi connectivity index (χ0n) is 10.5. The lowest BCUT2D eigenvalue weighted by Crippen LogP contribution is -2.10. The van der Waals surface area contributed by atoms with Crippen LogP contribution in [-0.2, 0) is 6.42 Å². The lowest BCUT2D eigenvalue weighted by atomic mass is 10.00. The standard InChI is InChI=1S/C15H10ClF3O/c1-8-2-5-12(18)14(15(8)19)13(20)7-9-6-10(17)3-4-11(9)16/h2-6H,7H2,1H3. The van der Waals surface area contributed by atoms with E-state index in [2.05, 4.69) is 0 Å². The van der Waals surface area contributed by atoms with Gasteiger partial charge in [0.05, 0.1) is 5.56 Å². The molecule has 2 rings (SSSR count). The molecule has 0 saturated heterocycles. The molecule has 2 aromatic rings. The summed E-state index contributed by atoms with van der Waals surface area (Å²) >= 11 is 5.83. The van der Waals surface area contributed by atoms with E-state index < -0.39 is 28.8 Å². The van der Waals surface area contributed by atoms with Gasteiger partial charge >= 0.3 is 0 Å². The summed E-state index contributed by atoms with van der Waals surface area (Å²) in [5.41, 5.74) is -0.262. The Balaban J connectivity index is 2.38. The number of hydrogen-bond acceptors (Lipinski definition) is 1. The van der Waals surface area contributed by atoms with E-state index in [0.717, 1.165) is 18.2 Å². The third-order valence-electron chi connectivity index (χ3n) is 2.92. The molecule has 0 atom stereocenters. The average Bonchev–Trinajstić information content (AvgIpc) is 2.39. The van der Waals surface area contributed by atoms with Gasteiger partial charge in [-0.1, -0.05) is 17.7 Å². The molecule has 20 heavy (non-hydrogen) atoms. The van der Waals surface area contributed by atoms with Gasteiger partial charge in [0.2, 0.25) is 0 Å². The van der Waals surface area contributed by atoms with Crippen LogP contribution in [0.5, 0.6) is 0 Å². The maximum Gasteiger partial charge on any atom is 0.173 e. The number of rotatable bonds is 3. The Labute approximate surface area is 119 Å². The monoisotopic (exact) mass is 298 g/mol. The van der Waals surface area contributed by atoms with E-state index in [1.807, 2.05) is 0 Å². The van der Waals surface area contributed by atoms with Crippen molar-refractivity contribution in [2.24, 2.45) is 0 Å². The Morgan fingerprint density at radius 2 is 1.85 bits per heavy atom. The summed E-state index contributed by atoms with van der Waals surface area (Å²) in [4.78, 5) is 12.0. The van der Waals surface area contributed by atoms with Gasteiger partial charge < -0.3 is 0 Å². The molecule has 0 aliphatic carbocycles. The summed E-state index contributed by atoms with van der Waals surface area (Å²) in [7, 11) is 0. The molecular weight excluding hydrogens is 289 g/mol. The topological polar surface area (TPSA) is 17.1 Å². The van der Waals surface area contributed by atoms with E-state index in [9.17, 15) is 18.0 Å². The molecule has 0 radical (unpaired) electrons. The Bertz CT molecular complexity index is 683. The van der Waals surface area contributed by atoms with Crippen LogP contribution in [0.15, 0.2) is 30.3 Å². The molecule has 0 amide bonds. The smallest absolute Gasteiger partial charge is 0.173 e. The predicted octanol–water partition coefficient (Wildman–Crippen LogP) is 4.49. The average molecular weight is 299 g/mol. The van der Waals surface area contributed by atoms with E-state index in [0.29, 0.717) is 0 Å². The Morgan fingerprint density at radius 1 is 1.15 bits per heavy atom. The van der Waals surface area contributed by atoms with Gasteiger partial charge in [0.1, 0.15) is 17.5 Å². The Kier molecular flexibility index (Phi) is 4.14. The molecule has 0 aliphatic heterocycles. The SMILES string of the molecule is Cc1ccc(F)c(C(=O)Cc2cc(F)ccc2Cl)c1F. The minimum atomic E-state index is -0.939. The molecule has 0 heterocycles. The largest absolute Gasteiger partial charge is 0.294 e. The van der Waals surface area contributed by atoms with Crippen molar-refractivity contribution < 1.29 is 18.0 Å². The number of Topliss-reactive ketones (excluding diaryl/α,β-unsaturated/α-hetero) is 1. The molecule has 5 heteroatoms. The molecule has 0 N–H and O–H groups in total. The molecule has 0 fully saturated rings. The van der Waals surface area contributed by atoms with Crippen LogP contribution in [0.25, 0.3) is 0 Å². The van der Waals surface area contributed by atoms with Crippen molar-refractivity contribution in [1.82, 2.24) is 0 Å². The normalized spacial score (nSPS) is 10.7. The van der Waals surface area contributed by atoms with Crippen LogP contribution in [0.3, 0.4) is 0 Å². The van der Waals surface area contributed by atoms with E-state index in [1.54, 1.807) is 0 Å². The molecule has 0 unspecified atom stereocenters. The molecular formula is C15H10ClF3O. The second-order valence-electron chi connectivity index (χ2n) is 4.39. The van der Waals surface area contributed by atoms with Gasteiger partial charge in [-0.15, -0.1) is 0 Å².